The number of fused-ring (bicyclic) bond motifs is 2. The number of allylic oxidation sites excluding steroid dienone is 2. The van der Waals surface area contributed by atoms with E-state index in [0.717, 1.165) is 12.8 Å². The summed E-state index contributed by atoms with van der Waals surface area (Å²) < 4.78 is 0. The highest BCUT2D eigenvalue weighted by Crippen LogP contribution is 2.25. The Morgan fingerprint density at radius 2 is 1.28 bits per heavy atom. The molecule has 0 aliphatic heterocycles. The average molecular weight is 322 g/mol. The van der Waals surface area contributed by atoms with Gasteiger partial charge < -0.3 is 0 Å². The fraction of sp³-hybridized carbons (Fsp3) is 0.120. The second kappa shape index (κ2) is 6.94. The molecule has 0 spiro atoms. The summed E-state index contributed by atoms with van der Waals surface area (Å²) in [5.41, 5.74) is 4.15. The van der Waals surface area contributed by atoms with Crippen molar-refractivity contribution in [1.29, 1.82) is 0 Å². The number of hydrogen-bond acceptors (Lipinski definition) is 0. The molecular formula is C25H22. The zero-order chi connectivity index (χ0) is 17.1. The van der Waals surface area contributed by atoms with Gasteiger partial charge in [0.05, 0.1) is 0 Å². The van der Waals surface area contributed by atoms with Crippen molar-refractivity contribution in [2.45, 2.75) is 19.8 Å². The Morgan fingerprint density at radius 1 is 0.680 bits per heavy atom. The lowest BCUT2D eigenvalue weighted by Gasteiger charge is -2.10. The van der Waals surface area contributed by atoms with E-state index >= 15 is 0 Å². The summed E-state index contributed by atoms with van der Waals surface area (Å²) in [4.78, 5) is 0. The Hall–Kier alpha value is -2.86. The molecule has 122 valence electrons. The van der Waals surface area contributed by atoms with Gasteiger partial charge in [-0.3, -0.25) is 0 Å². The van der Waals surface area contributed by atoms with Crippen LogP contribution < -0.4 is 0 Å². The first kappa shape index (κ1) is 15.7. The second-order valence-electron chi connectivity index (χ2n) is 6.56. The fourth-order valence-corrected chi connectivity index (χ4v) is 3.52. The summed E-state index contributed by atoms with van der Waals surface area (Å²) in [5, 5.41) is 5.25. The molecule has 0 aliphatic carbocycles. The molecule has 4 aromatic carbocycles. The molecule has 0 radical (unpaired) electrons. The van der Waals surface area contributed by atoms with Gasteiger partial charge in [-0.1, -0.05) is 84.9 Å². The third kappa shape index (κ3) is 3.34. The Kier molecular flexibility index (Phi) is 4.35. The van der Waals surface area contributed by atoms with E-state index in [2.05, 4.69) is 97.9 Å². The van der Waals surface area contributed by atoms with E-state index in [4.69, 9.17) is 0 Å². The molecule has 0 fully saturated rings. The zero-order valence-corrected chi connectivity index (χ0v) is 14.6. The van der Waals surface area contributed by atoms with Gasteiger partial charge in [-0.25, -0.2) is 0 Å². The molecular weight excluding hydrogens is 300 g/mol. The van der Waals surface area contributed by atoms with Crippen LogP contribution in [0.1, 0.15) is 24.5 Å². The lowest BCUT2D eigenvalue weighted by Crippen LogP contribution is -1.90. The van der Waals surface area contributed by atoms with Crippen molar-refractivity contribution < 1.29 is 0 Å². The predicted octanol–water partition coefficient (Wildman–Crippen LogP) is 7.03. The zero-order valence-electron chi connectivity index (χ0n) is 14.6. The van der Waals surface area contributed by atoms with Crippen molar-refractivity contribution in [3.05, 3.63) is 102 Å². The van der Waals surface area contributed by atoms with Crippen molar-refractivity contribution in [3.63, 3.8) is 0 Å². The van der Waals surface area contributed by atoms with Crippen LogP contribution in [0.25, 0.3) is 27.1 Å². The number of aryl methyl sites for hydroxylation is 1. The van der Waals surface area contributed by atoms with Crippen LogP contribution in [0.5, 0.6) is 0 Å². The van der Waals surface area contributed by atoms with E-state index in [1.807, 2.05) is 0 Å². The molecule has 0 aliphatic rings. The molecule has 0 saturated heterocycles. The van der Waals surface area contributed by atoms with E-state index in [0.29, 0.717) is 0 Å². The highest BCUT2D eigenvalue weighted by atomic mass is 14.1. The van der Waals surface area contributed by atoms with Gasteiger partial charge in [0.25, 0.3) is 0 Å². The standard InChI is InChI=1S/C25H22/c1-2-20(25-16-15-22-8-4-6-10-24(22)18-25)13-11-19-12-14-21-7-3-5-9-23(21)17-19/h2-10,12,14-18H,11,13H2,1H3/b20-2+. The van der Waals surface area contributed by atoms with E-state index in [-0.39, 0.29) is 0 Å². The summed E-state index contributed by atoms with van der Waals surface area (Å²) in [5.74, 6) is 0. The molecule has 4 rings (SSSR count). The van der Waals surface area contributed by atoms with Gasteiger partial charge in [-0.2, -0.15) is 0 Å². The Morgan fingerprint density at radius 3 is 1.96 bits per heavy atom. The van der Waals surface area contributed by atoms with Crippen LogP contribution >= 0.6 is 0 Å². The fourth-order valence-electron chi connectivity index (χ4n) is 3.52. The number of benzene rings is 4. The summed E-state index contributed by atoms with van der Waals surface area (Å²) >= 11 is 0. The van der Waals surface area contributed by atoms with Crippen LogP contribution in [-0.2, 0) is 6.42 Å². The molecule has 0 heterocycles. The maximum absolute atomic E-state index is 2.32. The number of hydrogen-bond donors (Lipinski definition) is 0. The summed E-state index contributed by atoms with van der Waals surface area (Å²) in [6, 6.07) is 30.7. The molecule has 25 heavy (non-hydrogen) atoms. The Bertz CT molecular complexity index is 1050. The molecule has 0 amide bonds. The van der Waals surface area contributed by atoms with Gasteiger partial charge in [0.15, 0.2) is 0 Å². The largest absolute Gasteiger partial charge is 0.0838 e. The Labute approximate surface area is 149 Å². The van der Waals surface area contributed by atoms with Crippen molar-refractivity contribution in [3.8, 4) is 0 Å². The molecule has 0 nitrogen and oxygen atoms in total. The molecule has 0 bridgehead atoms. The molecule has 0 aromatic heterocycles. The van der Waals surface area contributed by atoms with Crippen LogP contribution in [0.3, 0.4) is 0 Å². The van der Waals surface area contributed by atoms with Gasteiger partial charge in [0.2, 0.25) is 0 Å². The monoisotopic (exact) mass is 322 g/mol. The minimum absolute atomic E-state index is 1.06. The maximum Gasteiger partial charge on any atom is -0.0178 e. The van der Waals surface area contributed by atoms with Crippen molar-refractivity contribution in [2.24, 2.45) is 0 Å². The topological polar surface area (TPSA) is 0 Å². The molecule has 0 unspecified atom stereocenters. The third-order valence-corrected chi connectivity index (χ3v) is 4.97. The van der Waals surface area contributed by atoms with E-state index in [1.165, 1.54) is 38.2 Å². The average Bonchev–Trinajstić information content (AvgIpc) is 2.68. The minimum Gasteiger partial charge on any atom is -0.0838 e. The minimum atomic E-state index is 1.06. The van der Waals surface area contributed by atoms with Gasteiger partial charge in [-0.15, -0.1) is 0 Å². The Balaban J connectivity index is 1.56. The van der Waals surface area contributed by atoms with Gasteiger partial charge in [0.1, 0.15) is 0 Å². The van der Waals surface area contributed by atoms with Crippen molar-refractivity contribution >= 4 is 27.1 Å². The first-order valence-corrected chi connectivity index (χ1v) is 8.95. The van der Waals surface area contributed by atoms with Gasteiger partial charge in [0, 0.05) is 0 Å². The normalized spacial score (nSPS) is 12.0. The highest BCUT2D eigenvalue weighted by molar-refractivity contribution is 5.86. The number of rotatable bonds is 4. The van der Waals surface area contributed by atoms with Crippen molar-refractivity contribution in [1.82, 2.24) is 0 Å². The summed E-state index contributed by atoms with van der Waals surface area (Å²) in [6.45, 7) is 2.14. The predicted molar refractivity (Wildman–Crippen MR) is 110 cm³/mol. The summed E-state index contributed by atoms with van der Waals surface area (Å²) in [6.07, 6.45) is 4.38. The van der Waals surface area contributed by atoms with E-state index in [1.54, 1.807) is 0 Å². The van der Waals surface area contributed by atoms with Gasteiger partial charge in [-0.05, 0) is 64.1 Å². The quantitative estimate of drug-likeness (QED) is 0.378. The SMILES string of the molecule is C/C=C(\CCc1ccc2ccccc2c1)c1ccc2ccccc2c1. The summed E-state index contributed by atoms with van der Waals surface area (Å²) in [7, 11) is 0. The van der Waals surface area contributed by atoms with Crippen LogP contribution in [0.2, 0.25) is 0 Å². The third-order valence-electron chi connectivity index (χ3n) is 4.97. The second-order valence-corrected chi connectivity index (χ2v) is 6.56. The molecule has 0 saturated carbocycles. The van der Waals surface area contributed by atoms with E-state index in [9.17, 15) is 0 Å². The highest BCUT2D eigenvalue weighted by Gasteiger charge is 2.04. The molecule has 0 heteroatoms. The maximum atomic E-state index is 2.32. The van der Waals surface area contributed by atoms with Crippen molar-refractivity contribution in [2.75, 3.05) is 0 Å². The lowest BCUT2D eigenvalue weighted by atomic mass is 9.95. The lowest BCUT2D eigenvalue weighted by molar-refractivity contribution is 1.02. The van der Waals surface area contributed by atoms with Crippen LogP contribution in [0.15, 0.2) is 91.0 Å². The molecule has 4 aromatic rings. The van der Waals surface area contributed by atoms with E-state index < -0.39 is 0 Å². The molecule has 0 N–H and O–H groups in total. The molecule has 0 atom stereocenters. The smallest absolute Gasteiger partial charge is 0.0178 e. The van der Waals surface area contributed by atoms with Crippen LogP contribution in [-0.4, -0.2) is 0 Å². The first-order valence-electron chi connectivity index (χ1n) is 8.95. The first-order chi connectivity index (χ1) is 12.3. The van der Waals surface area contributed by atoms with Crippen LogP contribution in [0.4, 0.5) is 0 Å². The van der Waals surface area contributed by atoms with Crippen LogP contribution in [0, 0.1) is 0 Å². The van der Waals surface area contributed by atoms with Gasteiger partial charge >= 0.3 is 0 Å².